The van der Waals surface area contributed by atoms with E-state index < -0.39 is 0 Å². The summed E-state index contributed by atoms with van der Waals surface area (Å²) in [5.41, 5.74) is 3.87. The molecule has 0 aromatic heterocycles. The van der Waals surface area contributed by atoms with Gasteiger partial charge in [-0.05, 0) is 36.0 Å². The van der Waals surface area contributed by atoms with Gasteiger partial charge in [0.1, 0.15) is 6.54 Å². The molecule has 2 rings (SSSR count). The Morgan fingerprint density at radius 3 is 2.94 bits per heavy atom. The van der Waals surface area contributed by atoms with Crippen molar-refractivity contribution in [3.05, 3.63) is 34.9 Å². The van der Waals surface area contributed by atoms with Crippen molar-refractivity contribution < 1.29 is 4.79 Å². The number of rotatable bonds is 3. The van der Waals surface area contributed by atoms with Gasteiger partial charge in [-0.25, -0.2) is 0 Å². The highest BCUT2D eigenvalue weighted by molar-refractivity contribution is 5.78. The van der Waals surface area contributed by atoms with Crippen molar-refractivity contribution in [1.29, 1.82) is 5.26 Å². The van der Waals surface area contributed by atoms with Crippen molar-refractivity contribution in [2.75, 3.05) is 13.6 Å². The van der Waals surface area contributed by atoms with Crippen LogP contribution in [-0.2, 0) is 24.1 Å². The predicted octanol–water partition coefficient (Wildman–Crippen LogP) is 1.70. The van der Waals surface area contributed by atoms with Crippen LogP contribution in [0.1, 0.15) is 23.1 Å². The average molecular weight is 228 g/mol. The fraction of sp³-hybridized carbons (Fsp3) is 0.429. The summed E-state index contributed by atoms with van der Waals surface area (Å²) < 4.78 is 0. The average Bonchev–Trinajstić information content (AvgIpc) is 2.76. The van der Waals surface area contributed by atoms with Gasteiger partial charge in [0, 0.05) is 7.05 Å². The van der Waals surface area contributed by atoms with Crippen LogP contribution < -0.4 is 0 Å². The number of nitriles is 1. The van der Waals surface area contributed by atoms with Crippen LogP contribution in [0.3, 0.4) is 0 Å². The molecule has 88 valence electrons. The van der Waals surface area contributed by atoms with Crippen LogP contribution in [0.5, 0.6) is 0 Å². The minimum absolute atomic E-state index is 0.00416. The number of fused-ring (bicyclic) bond motifs is 1. The molecule has 0 heterocycles. The Balaban J connectivity index is 2.04. The molecule has 1 aromatic rings. The van der Waals surface area contributed by atoms with Crippen LogP contribution in [0.4, 0.5) is 0 Å². The molecule has 0 saturated carbocycles. The third-order valence-corrected chi connectivity index (χ3v) is 3.25. The normalized spacial score (nSPS) is 12.9. The lowest BCUT2D eigenvalue weighted by Crippen LogP contribution is -2.28. The Morgan fingerprint density at radius 1 is 1.41 bits per heavy atom. The van der Waals surface area contributed by atoms with Gasteiger partial charge in [-0.2, -0.15) is 5.26 Å². The Morgan fingerprint density at radius 2 is 2.18 bits per heavy atom. The standard InChI is InChI=1S/C14H16N2O/c1-16(8-7-15)14(17)10-11-5-6-12-3-2-4-13(12)9-11/h5-6,9H,2-4,8,10H2,1H3. The lowest BCUT2D eigenvalue weighted by Gasteiger charge is -2.13. The summed E-state index contributed by atoms with van der Waals surface area (Å²) in [7, 11) is 1.67. The Bertz CT molecular complexity index is 474. The summed E-state index contributed by atoms with van der Waals surface area (Å²) >= 11 is 0. The SMILES string of the molecule is CN(CC#N)C(=O)Cc1ccc2c(c1)CCC2. The van der Waals surface area contributed by atoms with Crippen molar-refractivity contribution in [3.63, 3.8) is 0 Å². The summed E-state index contributed by atoms with van der Waals surface area (Å²) in [5.74, 6) is 0.00416. The van der Waals surface area contributed by atoms with Crippen LogP contribution >= 0.6 is 0 Å². The van der Waals surface area contributed by atoms with Crippen LogP contribution in [0.2, 0.25) is 0 Å². The van der Waals surface area contributed by atoms with E-state index in [0.717, 1.165) is 18.4 Å². The second-order valence-electron chi connectivity index (χ2n) is 4.54. The molecule has 0 atom stereocenters. The predicted molar refractivity (Wildman–Crippen MR) is 65.4 cm³/mol. The van der Waals surface area contributed by atoms with Gasteiger partial charge in [0.2, 0.25) is 5.91 Å². The van der Waals surface area contributed by atoms with E-state index in [4.69, 9.17) is 5.26 Å². The van der Waals surface area contributed by atoms with E-state index in [-0.39, 0.29) is 12.5 Å². The van der Waals surface area contributed by atoms with Gasteiger partial charge in [0.15, 0.2) is 0 Å². The highest BCUT2D eigenvalue weighted by Crippen LogP contribution is 2.23. The number of carbonyl (C=O) groups is 1. The zero-order valence-electron chi connectivity index (χ0n) is 10.1. The third kappa shape index (κ3) is 2.65. The largest absolute Gasteiger partial charge is 0.332 e. The van der Waals surface area contributed by atoms with E-state index in [0.29, 0.717) is 6.42 Å². The molecule has 0 fully saturated rings. The Hall–Kier alpha value is -1.82. The van der Waals surface area contributed by atoms with Crippen LogP contribution in [0.15, 0.2) is 18.2 Å². The molecule has 1 aliphatic rings. The number of benzene rings is 1. The number of carbonyl (C=O) groups excluding carboxylic acids is 1. The number of nitrogens with zero attached hydrogens (tertiary/aromatic N) is 2. The fourth-order valence-electron chi connectivity index (χ4n) is 2.24. The topological polar surface area (TPSA) is 44.1 Å². The van der Waals surface area contributed by atoms with Crippen LogP contribution in [0, 0.1) is 11.3 Å². The van der Waals surface area contributed by atoms with Gasteiger partial charge in [0.05, 0.1) is 12.5 Å². The molecule has 0 N–H and O–H groups in total. The maximum absolute atomic E-state index is 11.8. The van der Waals surface area contributed by atoms with Crippen molar-refractivity contribution in [2.24, 2.45) is 0 Å². The van der Waals surface area contributed by atoms with Gasteiger partial charge in [-0.3, -0.25) is 4.79 Å². The summed E-state index contributed by atoms with van der Waals surface area (Å²) in [6.45, 7) is 0.157. The monoisotopic (exact) mass is 228 g/mol. The number of hydrogen-bond donors (Lipinski definition) is 0. The Labute approximate surface area is 102 Å². The summed E-state index contributed by atoms with van der Waals surface area (Å²) in [6, 6.07) is 8.28. The number of hydrogen-bond acceptors (Lipinski definition) is 2. The first-order valence-corrected chi connectivity index (χ1v) is 5.92. The lowest BCUT2D eigenvalue weighted by molar-refractivity contribution is -0.128. The summed E-state index contributed by atoms with van der Waals surface area (Å²) in [5, 5.41) is 8.53. The molecule has 3 heteroatoms. The summed E-state index contributed by atoms with van der Waals surface area (Å²) in [6.07, 6.45) is 3.91. The number of aryl methyl sites for hydroxylation is 2. The van der Waals surface area contributed by atoms with Crippen molar-refractivity contribution in [1.82, 2.24) is 4.90 Å². The van der Waals surface area contributed by atoms with E-state index in [9.17, 15) is 4.79 Å². The zero-order chi connectivity index (χ0) is 12.3. The fourth-order valence-corrected chi connectivity index (χ4v) is 2.24. The van der Waals surface area contributed by atoms with Gasteiger partial charge in [0.25, 0.3) is 0 Å². The maximum Gasteiger partial charge on any atom is 0.227 e. The first-order chi connectivity index (χ1) is 8.20. The third-order valence-electron chi connectivity index (χ3n) is 3.25. The molecule has 3 nitrogen and oxygen atoms in total. The minimum Gasteiger partial charge on any atom is -0.332 e. The van der Waals surface area contributed by atoms with Gasteiger partial charge in [-0.15, -0.1) is 0 Å². The zero-order valence-corrected chi connectivity index (χ0v) is 10.1. The summed E-state index contributed by atoms with van der Waals surface area (Å²) in [4.78, 5) is 13.2. The van der Waals surface area contributed by atoms with Gasteiger partial charge < -0.3 is 4.90 Å². The molecule has 0 radical (unpaired) electrons. The van der Waals surface area contributed by atoms with E-state index in [2.05, 4.69) is 12.1 Å². The molecule has 1 aliphatic carbocycles. The number of likely N-dealkylation sites (N-methyl/N-ethyl adjacent to an activating group) is 1. The van der Waals surface area contributed by atoms with E-state index >= 15 is 0 Å². The maximum atomic E-state index is 11.8. The molecule has 0 saturated heterocycles. The van der Waals surface area contributed by atoms with Crippen molar-refractivity contribution in [3.8, 4) is 6.07 Å². The molecule has 0 unspecified atom stereocenters. The molecular weight excluding hydrogens is 212 g/mol. The lowest BCUT2D eigenvalue weighted by atomic mass is 10.0. The Kier molecular flexibility index (Phi) is 3.43. The second kappa shape index (κ2) is 5.01. The smallest absolute Gasteiger partial charge is 0.227 e. The second-order valence-corrected chi connectivity index (χ2v) is 4.54. The number of amides is 1. The molecule has 0 spiro atoms. The van der Waals surface area contributed by atoms with Crippen molar-refractivity contribution in [2.45, 2.75) is 25.7 Å². The molecule has 1 aromatic carbocycles. The highest BCUT2D eigenvalue weighted by atomic mass is 16.2. The van der Waals surface area contributed by atoms with Gasteiger partial charge in [-0.1, -0.05) is 18.2 Å². The van der Waals surface area contributed by atoms with Crippen LogP contribution in [-0.4, -0.2) is 24.4 Å². The van der Waals surface area contributed by atoms with Crippen molar-refractivity contribution >= 4 is 5.91 Å². The van der Waals surface area contributed by atoms with E-state index in [1.54, 1.807) is 7.05 Å². The molecule has 17 heavy (non-hydrogen) atoms. The van der Waals surface area contributed by atoms with E-state index in [1.165, 1.54) is 22.4 Å². The van der Waals surface area contributed by atoms with Gasteiger partial charge >= 0.3 is 0 Å². The molecule has 1 amide bonds. The highest BCUT2D eigenvalue weighted by Gasteiger charge is 2.13. The molecule has 0 aliphatic heterocycles. The molecular formula is C14H16N2O. The first-order valence-electron chi connectivity index (χ1n) is 5.92. The first kappa shape index (κ1) is 11.7. The van der Waals surface area contributed by atoms with E-state index in [1.807, 2.05) is 12.1 Å². The quantitative estimate of drug-likeness (QED) is 0.739. The minimum atomic E-state index is 0.00416. The van der Waals surface area contributed by atoms with Crippen LogP contribution in [0.25, 0.3) is 0 Å². The molecule has 0 bridgehead atoms.